The van der Waals surface area contributed by atoms with Crippen molar-refractivity contribution in [2.24, 2.45) is 0 Å². The van der Waals surface area contributed by atoms with Gasteiger partial charge in [-0.3, -0.25) is 4.90 Å². The maximum absolute atomic E-state index is 5.74. The van der Waals surface area contributed by atoms with Crippen molar-refractivity contribution in [3.8, 4) is 0 Å². The maximum Gasteiger partial charge on any atom is 0.195 e. The fourth-order valence-corrected chi connectivity index (χ4v) is 2.04. The van der Waals surface area contributed by atoms with Crippen LogP contribution in [0.1, 0.15) is 18.6 Å². The van der Waals surface area contributed by atoms with Gasteiger partial charge in [0.1, 0.15) is 5.76 Å². The van der Waals surface area contributed by atoms with Gasteiger partial charge in [0.25, 0.3) is 0 Å². The first-order valence-corrected chi connectivity index (χ1v) is 6.69. The zero-order valence-corrected chi connectivity index (χ0v) is 11.3. The van der Waals surface area contributed by atoms with E-state index in [1.165, 1.54) is 0 Å². The van der Waals surface area contributed by atoms with Crippen LogP contribution in [0.15, 0.2) is 10.6 Å². The third-order valence-corrected chi connectivity index (χ3v) is 3.35. The molecule has 0 aliphatic carbocycles. The Labute approximate surface area is 109 Å². The van der Waals surface area contributed by atoms with Crippen molar-refractivity contribution < 1.29 is 9.15 Å². The molecule has 0 radical (unpaired) electrons. The lowest BCUT2D eigenvalue weighted by Crippen LogP contribution is -2.37. The molecule has 1 fully saturated rings. The van der Waals surface area contributed by atoms with Crippen LogP contribution in [0.25, 0.3) is 0 Å². The van der Waals surface area contributed by atoms with Gasteiger partial charge in [0, 0.05) is 38.5 Å². The summed E-state index contributed by atoms with van der Waals surface area (Å²) < 4.78 is 11.1. The van der Waals surface area contributed by atoms with E-state index in [9.17, 15) is 0 Å². The number of nitrogens with zero attached hydrogens (tertiary/aromatic N) is 2. The molecule has 2 rings (SSSR count). The molecule has 0 spiro atoms. The lowest BCUT2D eigenvalue weighted by molar-refractivity contribution is 0.0377. The van der Waals surface area contributed by atoms with E-state index in [4.69, 9.17) is 9.15 Å². The second kappa shape index (κ2) is 6.87. The van der Waals surface area contributed by atoms with Crippen molar-refractivity contribution in [1.82, 2.24) is 15.2 Å². The van der Waals surface area contributed by atoms with Crippen molar-refractivity contribution in [2.45, 2.75) is 25.8 Å². The van der Waals surface area contributed by atoms with Crippen LogP contribution in [0.4, 0.5) is 0 Å². The number of hydrogen-bond acceptors (Lipinski definition) is 5. The first kappa shape index (κ1) is 13.5. The number of ether oxygens (including phenoxy) is 1. The number of morpholine rings is 1. The third-order valence-electron chi connectivity index (χ3n) is 3.35. The van der Waals surface area contributed by atoms with Crippen molar-refractivity contribution in [2.75, 3.05) is 39.9 Å². The summed E-state index contributed by atoms with van der Waals surface area (Å²) in [7, 11) is 1.96. The molecule has 5 nitrogen and oxygen atoms in total. The number of nitrogens with one attached hydrogen (secondary N) is 1. The van der Waals surface area contributed by atoms with Crippen LogP contribution in [-0.4, -0.2) is 55.8 Å². The monoisotopic (exact) mass is 253 g/mol. The van der Waals surface area contributed by atoms with Crippen LogP contribution >= 0.6 is 0 Å². The molecule has 0 bridgehead atoms. The second-order valence-corrected chi connectivity index (χ2v) is 4.82. The SMILES string of the molecule is CNC(C)Cc1cnc(CCN2CCOCC2)o1. The van der Waals surface area contributed by atoms with E-state index in [2.05, 4.69) is 22.1 Å². The number of oxazole rings is 1. The number of aromatic nitrogens is 1. The summed E-state index contributed by atoms with van der Waals surface area (Å²) in [6.07, 6.45) is 3.62. The average Bonchev–Trinajstić information content (AvgIpc) is 2.85. The zero-order chi connectivity index (χ0) is 12.8. The Balaban J connectivity index is 1.75. The van der Waals surface area contributed by atoms with Crippen molar-refractivity contribution in [3.05, 3.63) is 17.8 Å². The van der Waals surface area contributed by atoms with E-state index < -0.39 is 0 Å². The van der Waals surface area contributed by atoms with E-state index in [0.29, 0.717) is 6.04 Å². The fraction of sp³-hybridized carbons (Fsp3) is 0.769. The molecule has 0 amide bonds. The minimum Gasteiger partial charge on any atom is -0.446 e. The summed E-state index contributed by atoms with van der Waals surface area (Å²) in [6, 6.07) is 0.421. The van der Waals surface area contributed by atoms with E-state index in [1.54, 1.807) is 0 Å². The summed E-state index contributed by atoms with van der Waals surface area (Å²) in [5.74, 6) is 1.81. The van der Waals surface area contributed by atoms with Crippen LogP contribution < -0.4 is 5.32 Å². The predicted molar refractivity (Wildman–Crippen MR) is 69.7 cm³/mol. The minimum atomic E-state index is 0.421. The van der Waals surface area contributed by atoms with Gasteiger partial charge in [-0.1, -0.05) is 0 Å². The van der Waals surface area contributed by atoms with Gasteiger partial charge in [-0.05, 0) is 14.0 Å². The Kier molecular flexibility index (Phi) is 5.16. The summed E-state index contributed by atoms with van der Waals surface area (Å²) >= 11 is 0. The predicted octanol–water partition coefficient (Wildman–Crippen LogP) is 0.700. The second-order valence-electron chi connectivity index (χ2n) is 4.82. The summed E-state index contributed by atoms with van der Waals surface area (Å²) in [4.78, 5) is 6.73. The highest BCUT2D eigenvalue weighted by atomic mass is 16.5. The summed E-state index contributed by atoms with van der Waals surface area (Å²) in [5.41, 5.74) is 0. The van der Waals surface area contributed by atoms with Crippen LogP contribution in [0.5, 0.6) is 0 Å². The van der Waals surface area contributed by atoms with Gasteiger partial charge in [0.15, 0.2) is 5.89 Å². The van der Waals surface area contributed by atoms with Crippen LogP contribution in [-0.2, 0) is 17.6 Å². The molecule has 1 unspecified atom stereocenters. The van der Waals surface area contributed by atoms with E-state index in [-0.39, 0.29) is 0 Å². The van der Waals surface area contributed by atoms with Gasteiger partial charge in [-0.25, -0.2) is 4.98 Å². The average molecular weight is 253 g/mol. The number of hydrogen-bond donors (Lipinski definition) is 1. The smallest absolute Gasteiger partial charge is 0.195 e. The fourth-order valence-electron chi connectivity index (χ4n) is 2.04. The first-order valence-electron chi connectivity index (χ1n) is 6.69. The Morgan fingerprint density at radius 3 is 2.94 bits per heavy atom. The van der Waals surface area contributed by atoms with E-state index in [0.717, 1.165) is 57.3 Å². The van der Waals surface area contributed by atoms with Crippen LogP contribution in [0.2, 0.25) is 0 Å². The lowest BCUT2D eigenvalue weighted by Gasteiger charge is -2.25. The van der Waals surface area contributed by atoms with Gasteiger partial charge in [0.05, 0.1) is 19.4 Å². The van der Waals surface area contributed by atoms with Gasteiger partial charge >= 0.3 is 0 Å². The normalized spacial score (nSPS) is 19.0. The molecular formula is C13H23N3O2. The quantitative estimate of drug-likeness (QED) is 0.809. The lowest BCUT2D eigenvalue weighted by atomic mass is 10.2. The van der Waals surface area contributed by atoms with Crippen LogP contribution in [0, 0.1) is 0 Å². The van der Waals surface area contributed by atoms with Crippen LogP contribution in [0.3, 0.4) is 0 Å². The highest BCUT2D eigenvalue weighted by Gasteiger charge is 2.12. The molecule has 0 saturated carbocycles. The third kappa shape index (κ3) is 4.08. The molecular weight excluding hydrogens is 230 g/mol. The minimum absolute atomic E-state index is 0.421. The molecule has 1 aliphatic rings. The Morgan fingerprint density at radius 2 is 2.22 bits per heavy atom. The standard InChI is InChI=1S/C13H23N3O2/c1-11(14-2)9-12-10-15-13(18-12)3-4-16-5-7-17-8-6-16/h10-11,14H,3-9H2,1-2H3. The maximum atomic E-state index is 5.74. The largest absolute Gasteiger partial charge is 0.446 e. The molecule has 1 aromatic heterocycles. The van der Waals surface area contributed by atoms with Gasteiger partial charge in [-0.2, -0.15) is 0 Å². The zero-order valence-electron chi connectivity index (χ0n) is 11.3. The summed E-state index contributed by atoms with van der Waals surface area (Å²) in [6.45, 7) is 6.86. The van der Waals surface area contributed by atoms with Crippen molar-refractivity contribution in [1.29, 1.82) is 0 Å². The molecule has 1 atom stereocenters. The molecule has 18 heavy (non-hydrogen) atoms. The van der Waals surface area contributed by atoms with Gasteiger partial charge in [-0.15, -0.1) is 0 Å². The van der Waals surface area contributed by atoms with Gasteiger partial charge in [0.2, 0.25) is 0 Å². The Bertz CT molecular complexity index is 348. The first-order chi connectivity index (χ1) is 8.78. The van der Waals surface area contributed by atoms with E-state index >= 15 is 0 Å². The molecule has 1 N–H and O–H groups in total. The highest BCUT2D eigenvalue weighted by molar-refractivity contribution is 4.97. The van der Waals surface area contributed by atoms with Crippen molar-refractivity contribution >= 4 is 0 Å². The Morgan fingerprint density at radius 1 is 1.44 bits per heavy atom. The van der Waals surface area contributed by atoms with Gasteiger partial charge < -0.3 is 14.5 Å². The highest BCUT2D eigenvalue weighted by Crippen LogP contribution is 2.08. The topological polar surface area (TPSA) is 50.5 Å². The van der Waals surface area contributed by atoms with Crippen molar-refractivity contribution in [3.63, 3.8) is 0 Å². The molecule has 2 heterocycles. The molecule has 5 heteroatoms. The van der Waals surface area contributed by atoms with E-state index in [1.807, 2.05) is 13.2 Å². The molecule has 1 aliphatic heterocycles. The molecule has 0 aromatic carbocycles. The molecule has 1 saturated heterocycles. The molecule has 102 valence electrons. The summed E-state index contributed by atoms with van der Waals surface area (Å²) in [5, 5.41) is 3.20. The number of rotatable bonds is 6. The Hall–Kier alpha value is -0.910. The molecule has 1 aromatic rings. The number of likely N-dealkylation sites (N-methyl/N-ethyl adjacent to an activating group) is 1.